The molecule has 3 N–H and O–H groups in total. The highest BCUT2D eigenvalue weighted by molar-refractivity contribution is 6.35. The summed E-state index contributed by atoms with van der Waals surface area (Å²) in [6.45, 7) is 8.58. The average Bonchev–Trinajstić information content (AvgIpc) is 3.37. The largest absolute Gasteiger partial charge is 0.497 e. The fraction of sp³-hybridized carbons (Fsp3) is 0.286. The zero-order valence-electron chi connectivity index (χ0n) is 21.3. The normalized spacial score (nSPS) is 13.7. The van der Waals surface area contributed by atoms with E-state index in [1.54, 1.807) is 31.2 Å². The Morgan fingerprint density at radius 1 is 1.11 bits per heavy atom. The molecular formula is C28H30F2N4O3. The number of aromatic nitrogens is 1. The predicted molar refractivity (Wildman–Crippen MR) is 140 cm³/mol. The van der Waals surface area contributed by atoms with Crippen molar-refractivity contribution in [1.82, 2.24) is 15.2 Å². The van der Waals surface area contributed by atoms with Crippen molar-refractivity contribution in [1.29, 1.82) is 0 Å². The van der Waals surface area contributed by atoms with Gasteiger partial charge < -0.3 is 25.3 Å². The number of anilines is 1. The van der Waals surface area contributed by atoms with Crippen molar-refractivity contribution >= 4 is 29.2 Å². The summed E-state index contributed by atoms with van der Waals surface area (Å²) in [6.07, 6.45) is 1.58. The molecule has 0 fully saturated rings. The summed E-state index contributed by atoms with van der Waals surface area (Å²) in [5, 5.41) is 5.72. The summed E-state index contributed by atoms with van der Waals surface area (Å²) in [5.74, 6) is -1.70. The third-order valence-electron chi connectivity index (χ3n) is 6.55. The molecule has 1 aliphatic heterocycles. The molecule has 0 saturated carbocycles. The van der Waals surface area contributed by atoms with Crippen molar-refractivity contribution in [2.24, 2.45) is 0 Å². The Morgan fingerprint density at radius 3 is 2.54 bits per heavy atom. The average molecular weight is 509 g/mol. The van der Waals surface area contributed by atoms with E-state index < -0.39 is 11.6 Å². The highest BCUT2D eigenvalue weighted by Crippen LogP contribution is 2.39. The number of halogens is 2. The Hall–Kier alpha value is -3.98. The number of fused-ring (bicyclic) bond motifs is 1. The molecule has 4 rings (SSSR count). The summed E-state index contributed by atoms with van der Waals surface area (Å²) in [5.41, 5.74) is 2.96. The van der Waals surface area contributed by atoms with Crippen LogP contribution in [0.4, 0.5) is 14.5 Å². The molecule has 0 atom stereocenters. The van der Waals surface area contributed by atoms with Gasteiger partial charge in [-0.05, 0) is 56.4 Å². The van der Waals surface area contributed by atoms with Crippen molar-refractivity contribution in [3.05, 3.63) is 70.5 Å². The van der Waals surface area contributed by atoms with Crippen molar-refractivity contribution in [2.75, 3.05) is 38.6 Å². The smallest absolute Gasteiger partial charge is 0.256 e. The van der Waals surface area contributed by atoms with E-state index in [-0.39, 0.29) is 28.5 Å². The van der Waals surface area contributed by atoms with Crippen LogP contribution in [0.25, 0.3) is 22.8 Å². The van der Waals surface area contributed by atoms with Crippen LogP contribution in [0, 0.1) is 18.6 Å². The van der Waals surface area contributed by atoms with E-state index in [0.717, 1.165) is 25.2 Å². The second-order valence-electron chi connectivity index (χ2n) is 8.74. The predicted octanol–water partition coefficient (Wildman–Crippen LogP) is 4.84. The number of hydrogen-bond acceptors (Lipinski definition) is 4. The van der Waals surface area contributed by atoms with Gasteiger partial charge in [-0.15, -0.1) is 0 Å². The molecule has 0 saturated heterocycles. The number of likely N-dealkylation sites (N-methyl/N-ethyl adjacent to an activating group) is 1. The summed E-state index contributed by atoms with van der Waals surface area (Å²) in [4.78, 5) is 31.5. The minimum atomic E-state index is -0.811. The van der Waals surface area contributed by atoms with Crippen LogP contribution in [0.2, 0.25) is 0 Å². The number of carbonyl (C=O) groups is 2. The molecule has 7 nitrogen and oxygen atoms in total. The van der Waals surface area contributed by atoms with Gasteiger partial charge in [0, 0.05) is 52.9 Å². The van der Waals surface area contributed by atoms with Gasteiger partial charge in [0.25, 0.3) is 11.8 Å². The lowest BCUT2D eigenvalue weighted by molar-refractivity contribution is -0.110. The first-order valence-electron chi connectivity index (χ1n) is 12.2. The first-order chi connectivity index (χ1) is 17.8. The minimum Gasteiger partial charge on any atom is -0.497 e. The van der Waals surface area contributed by atoms with E-state index in [0.29, 0.717) is 47.1 Å². The fourth-order valence-electron chi connectivity index (χ4n) is 4.55. The standard InChI is InChI=1S/C28H30F2N4O3/c1-5-34(6-2)12-11-31-28(36)25-16(3)32-24(26(25)19-9-7-17(29)13-22(19)30)15-21-20-14-18(37-4)8-10-23(20)33-27(21)35/h7-10,13-15,32H,5-6,11-12H2,1-4H3,(H,31,36)(H,33,35)/b21-15-. The Morgan fingerprint density at radius 2 is 1.86 bits per heavy atom. The lowest BCUT2D eigenvalue weighted by Crippen LogP contribution is -2.35. The Kier molecular flexibility index (Phi) is 7.73. The first-order valence-corrected chi connectivity index (χ1v) is 12.2. The van der Waals surface area contributed by atoms with Crippen LogP contribution >= 0.6 is 0 Å². The summed E-state index contributed by atoms with van der Waals surface area (Å²) < 4.78 is 34.1. The van der Waals surface area contributed by atoms with E-state index in [9.17, 15) is 14.0 Å². The molecule has 194 valence electrons. The first kappa shape index (κ1) is 26.1. The molecule has 1 aromatic heterocycles. The molecular weight excluding hydrogens is 478 g/mol. The second-order valence-corrected chi connectivity index (χ2v) is 8.74. The van der Waals surface area contributed by atoms with Crippen LogP contribution in [-0.2, 0) is 4.79 Å². The number of nitrogens with one attached hydrogen (secondary N) is 3. The van der Waals surface area contributed by atoms with E-state index in [4.69, 9.17) is 4.74 Å². The monoisotopic (exact) mass is 508 g/mol. The molecule has 2 heterocycles. The van der Waals surface area contributed by atoms with Gasteiger partial charge in [-0.3, -0.25) is 9.59 Å². The molecule has 0 radical (unpaired) electrons. The van der Waals surface area contributed by atoms with Crippen LogP contribution in [0.1, 0.15) is 41.2 Å². The topological polar surface area (TPSA) is 86.5 Å². The number of hydrogen-bond donors (Lipinski definition) is 3. The van der Waals surface area contributed by atoms with Gasteiger partial charge in [0.1, 0.15) is 17.4 Å². The Balaban J connectivity index is 1.81. The van der Waals surface area contributed by atoms with Crippen molar-refractivity contribution in [3.8, 4) is 16.9 Å². The van der Waals surface area contributed by atoms with Crippen LogP contribution in [-0.4, -0.2) is 55.0 Å². The molecule has 0 spiro atoms. The van der Waals surface area contributed by atoms with Gasteiger partial charge >= 0.3 is 0 Å². The maximum atomic E-state index is 15.0. The number of amides is 2. The molecule has 1 aliphatic rings. The summed E-state index contributed by atoms with van der Waals surface area (Å²) >= 11 is 0. The van der Waals surface area contributed by atoms with E-state index in [2.05, 4.69) is 20.5 Å². The fourth-order valence-corrected chi connectivity index (χ4v) is 4.55. The zero-order valence-corrected chi connectivity index (χ0v) is 21.3. The van der Waals surface area contributed by atoms with Gasteiger partial charge in [-0.2, -0.15) is 0 Å². The molecule has 0 bridgehead atoms. The number of aryl methyl sites for hydroxylation is 1. The number of benzene rings is 2. The van der Waals surface area contributed by atoms with E-state index in [1.807, 2.05) is 13.8 Å². The molecule has 9 heteroatoms. The van der Waals surface area contributed by atoms with E-state index in [1.165, 1.54) is 13.2 Å². The Bertz CT molecular complexity index is 1380. The summed E-state index contributed by atoms with van der Waals surface area (Å²) in [7, 11) is 1.53. The lowest BCUT2D eigenvalue weighted by atomic mass is 9.97. The molecule has 0 aliphatic carbocycles. The SMILES string of the molecule is CCN(CC)CCNC(=O)c1c(C)[nH]c(/C=C2\C(=O)Nc3ccc(OC)cc32)c1-c1ccc(F)cc1F. The number of carbonyl (C=O) groups excluding carboxylic acids is 2. The number of H-pyrrole nitrogens is 1. The quantitative estimate of drug-likeness (QED) is 0.361. The molecule has 2 aromatic carbocycles. The summed E-state index contributed by atoms with van der Waals surface area (Å²) in [6, 6.07) is 8.42. The lowest BCUT2D eigenvalue weighted by Gasteiger charge is -2.18. The Labute approximate surface area is 214 Å². The zero-order chi connectivity index (χ0) is 26.7. The van der Waals surface area contributed by atoms with Gasteiger partial charge in [0.15, 0.2) is 0 Å². The second kappa shape index (κ2) is 11.0. The number of aromatic amines is 1. The highest BCUT2D eigenvalue weighted by atomic mass is 19.1. The van der Waals surface area contributed by atoms with E-state index >= 15 is 4.39 Å². The number of nitrogens with zero attached hydrogens (tertiary/aromatic N) is 1. The van der Waals surface area contributed by atoms with Gasteiger partial charge in [-0.25, -0.2) is 8.78 Å². The highest BCUT2D eigenvalue weighted by Gasteiger charge is 2.28. The van der Waals surface area contributed by atoms with Gasteiger partial charge in [0.05, 0.1) is 18.2 Å². The molecule has 37 heavy (non-hydrogen) atoms. The van der Waals surface area contributed by atoms with Gasteiger partial charge in [-0.1, -0.05) is 13.8 Å². The van der Waals surface area contributed by atoms with Crippen LogP contribution in [0.5, 0.6) is 5.75 Å². The molecule has 3 aromatic rings. The number of ether oxygens (including phenoxy) is 1. The molecule has 0 unspecified atom stereocenters. The number of methoxy groups -OCH3 is 1. The minimum absolute atomic E-state index is 0.0516. The van der Waals surface area contributed by atoms with Gasteiger partial charge in [0.2, 0.25) is 0 Å². The van der Waals surface area contributed by atoms with Crippen molar-refractivity contribution in [3.63, 3.8) is 0 Å². The van der Waals surface area contributed by atoms with Crippen molar-refractivity contribution < 1.29 is 23.1 Å². The third-order valence-corrected chi connectivity index (χ3v) is 6.55. The maximum absolute atomic E-state index is 15.0. The molecule has 2 amide bonds. The van der Waals surface area contributed by atoms with Crippen LogP contribution in [0.15, 0.2) is 36.4 Å². The van der Waals surface area contributed by atoms with Crippen molar-refractivity contribution in [2.45, 2.75) is 20.8 Å². The third kappa shape index (κ3) is 5.27. The van der Waals surface area contributed by atoms with Crippen LogP contribution < -0.4 is 15.4 Å². The van der Waals surface area contributed by atoms with Crippen LogP contribution in [0.3, 0.4) is 0 Å². The maximum Gasteiger partial charge on any atom is 0.256 e. The number of rotatable bonds is 9.